The molecule has 162 valence electrons. The number of aromatic nitrogens is 1. The van der Waals surface area contributed by atoms with Gasteiger partial charge in [0, 0.05) is 10.9 Å². The first-order chi connectivity index (χ1) is 14.0. The van der Waals surface area contributed by atoms with Gasteiger partial charge >= 0.3 is 6.36 Å². The summed E-state index contributed by atoms with van der Waals surface area (Å²) in [4.78, 5) is 4.55. The van der Waals surface area contributed by atoms with Crippen LogP contribution >= 0.6 is 0 Å². The van der Waals surface area contributed by atoms with E-state index in [9.17, 15) is 13.2 Å². The molecule has 2 aromatic rings. The number of ether oxygens (including phenoxy) is 1. The van der Waals surface area contributed by atoms with E-state index in [1.165, 1.54) is 18.3 Å². The second-order valence-electron chi connectivity index (χ2n) is 7.22. The van der Waals surface area contributed by atoms with Crippen molar-refractivity contribution in [2.75, 3.05) is 5.43 Å². The van der Waals surface area contributed by atoms with E-state index in [0.29, 0.717) is 39.8 Å². The number of halogens is 3. The zero-order valence-corrected chi connectivity index (χ0v) is 17.3. The van der Waals surface area contributed by atoms with Crippen molar-refractivity contribution in [2.24, 2.45) is 17.5 Å². The van der Waals surface area contributed by atoms with Crippen molar-refractivity contribution >= 4 is 22.3 Å². The predicted molar refractivity (Wildman–Crippen MR) is 116 cm³/mol. The van der Waals surface area contributed by atoms with Gasteiger partial charge in [0.25, 0.3) is 0 Å². The molecular weight excluding hydrogens is 393 g/mol. The molecule has 5 N–H and O–H groups in total. The fourth-order valence-electron chi connectivity index (χ4n) is 3.73. The maximum Gasteiger partial charge on any atom is 0.573 e. The summed E-state index contributed by atoms with van der Waals surface area (Å²) in [7, 11) is 0. The van der Waals surface area contributed by atoms with E-state index in [0.717, 1.165) is 5.56 Å². The number of allylic oxidation sites excluding steroid dienone is 3. The summed E-state index contributed by atoms with van der Waals surface area (Å²) in [5.74, 6) is 5.62. The average molecular weight is 420 g/mol. The molecule has 1 heterocycles. The lowest BCUT2D eigenvalue weighted by atomic mass is 9.80. The van der Waals surface area contributed by atoms with Crippen LogP contribution in [0.3, 0.4) is 0 Å². The molecule has 2 rings (SSSR count). The van der Waals surface area contributed by atoms with Crippen LogP contribution in [0.25, 0.3) is 16.5 Å². The summed E-state index contributed by atoms with van der Waals surface area (Å²) < 4.78 is 42.8. The molecule has 1 aromatic carbocycles. The molecule has 5 nitrogen and oxygen atoms in total. The fraction of sp³-hybridized carbons (Fsp3) is 0.318. The van der Waals surface area contributed by atoms with Crippen LogP contribution in [0.1, 0.15) is 42.9 Å². The number of alkyl halides is 3. The van der Waals surface area contributed by atoms with Crippen LogP contribution in [-0.2, 0) is 0 Å². The number of anilines is 1. The second kappa shape index (κ2) is 9.21. The minimum Gasteiger partial charge on any atom is -0.406 e. The Bertz CT molecular complexity index is 983. The topological polar surface area (TPSA) is 86.2 Å². The van der Waals surface area contributed by atoms with Gasteiger partial charge < -0.3 is 15.9 Å². The van der Waals surface area contributed by atoms with E-state index < -0.39 is 6.36 Å². The third kappa shape index (κ3) is 4.94. The van der Waals surface area contributed by atoms with Gasteiger partial charge in [-0.25, -0.2) is 10.8 Å². The molecular formula is C22H27F3N4O. The normalized spacial score (nSPS) is 14.0. The first-order valence-corrected chi connectivity index (χ1v) is 9.39. The van der Waals surface area contributed by atoms with Gasteiger partial charge in [-0.3, -0.25) is 0 Å². The summed E-state index contributed by atoms with van der Waals surface area (Å²) in [5.41, 5.74) is 11.4. The number of nitrogen functional groups attached to an aromatic ring is 1. The molecule has 0 aliphatic rings. The molecule has 0 aliphatic carbocycles. The molecule has 0 saturated carbocycles. The zero-order chi connectivity index (χ0) is 22.6. The van der Waals surface area contributed by atoms with Gasteiger partial charge in [-0.15, -0.1) is 19.8 Å². The third-order valence-corrected chi connectivity index (χ3v) is 4.99. The highest BCUT2D eigenvalue weighted by Crippen LogP contribution is 2.42. The molecule has 0 fully saturated rings. The lowest BCUT2D eigenvalue weighted by molar-refractivity contribution is -0.274. The minimum atomic E-state index is -4.80. The molecule has 0 saturated heterocycles. The Hall–Kier alpha value is -3.00. The third-order valence-electron chi connectivity index (χ3n) is 4.99. The Morgan fingerprint density at radius 3 is 2.53 bits per heavy atom. The lowest BCUT2D eigenvalue weighted by Crippen LogP contribution is -2.18. The van der Waals surface area contributed by atoms with E-state index in [1.807, 2.05) is 13.0 Å². The smallest absolute Gasteiger partial charge is 0.406 e. The van der Waals surface area contributed by atoms with Gasteiger partial charge in [0.1, 0.15) is 11.6 Å². The van der Waals surface area contributed by atoms with Crippen LogP contribution in [0.4, 0.5) is 19.0 Å². The summed E-state index contributed by atoms with van der Waals surface area (Å²) in [6, 6.07) is 2.66. The summed E-state index contributed by atoms with van der Waals surface area (Å²) in [6.07, 6.45) is 0.899. The predicted octanol–water partition coefficient (Wildman–Crippen LogP) is 5.53. The van der Waals surface area contributed by atoms with Gasteiger partial charge in [-0.1, -0.05) is 25.7 Å². The van der Waals surface area contributed by atoms with Crippen LogP contribution in [-0.4, -0.2) is 11.3 Å². The van der Waals surface area contributed by atoms with E-state index in [2.05, 4.69) is 28.3 Å². The number of fused-ring (bicyclic) bond motifs is 1. The van der Waals surface area contributed by atoms with E-state index in [-0.39, 0.29) is 17.6 Å². The number of nitrogens with one attached hydrogen (secondary N) is 1. The summed E-state index contributed by atoms with van der Waals surface area (Å²) in [6.45, 7) is 13.3. The Kier molecular flexibility index (Phi) is 7.15. The fourth-order valence-corrected chi connectivity index (χ4v) is 3.73. The molecule has 0 spiro atoms. The number of rotatable bonds is 8. The van der Waals surface area contributed by atoms with E-state index >= 15 is 0 Å². The van der Waals surface area contributed by atoms with Crippen LogP contribution in [0.5, 0.6) is 5.75 Å². The number of benzene rings is 1. The number of hydrazine groups is 1. The molecule has 0 bridgehead atoms. The number of nitrogens with two attached hydrogens (primary N) is 2. The molecule has 0 amide bonds. The highest BCUT2D eigenvalue weighted by Gasteiger charge is 2.32. The number of hydrogen-bond donors (Lipinski definition) is 3. The van der Waals surface area contributed by atoms with Crippen LogP contribution < -0.4 is 21.7 Å². The van der Waals surface area contributed by atoms with Gasteiger partial charge in [-0.05, 0) is 67.1 Å². The van der Waals surface area contributed by atoms with Crippen molar-refractivity contribution in [2.45, 2.75) is 39.5 Å². The van der Waals surface area contributed by atoms with Gasteiger partial charge in [-0.2, -0.15) is 0 Å². The van der Waals surface area contributed by atoms with E-state index in [4.69, 9.17) is 11.6 Å². The van der Waals surface area contributed by atoms with Crippen molar-refractivity contribution in [3.05, 3.63) is 60.3 Å². The Morgan fingerprint density at radius 1 is 1.37 bits per heavy atom. The van der Waals surface area contributed by atoms with Gasteiger partial charge in [0.15, 0.2) is 0 Å². The molecule has 1 aromatic heterocycles. The Morgan fingerprint density at radius 2 is 2.03 bits per heavy atom. The molecule has 2 unspecified atom stereocenters. The monoisotopic (exact) mass is 420 g/mol. The minimum absolute atomic E-state index is 0.0469. The van der Waals surface area contributed by atoms with Crippen LogP contribution in [0, 0.1) is 12.8 Å². The highest BCUT2D eigenvalue weighted by molar-refractivity contribution is 5.94. The molecule has 30 heavy (non-hydrogen) atoms. The standard InChI is InChI=1S/C22H27F3N4O/c1-6-7-15(8-9-26)14(5)19-17-11-16(30-22(23,24)25)10-13(4)20(17)28-21(29-27)18(19)12(2)3/h6,8-11,14-15H,1-2,7,26-27H2,3-5H3,(H,28,29)/b9-8-. The SMILES string of the molecule is C=CCC(/C=C\N)C(C)c1c(C(=C)C)c(NN)nc2c(C)cc(OC(F)(F)F)cc12. The van der Waals surface area contributed by atoms with Crippen molar-refractivity contribution in [3.63, 3.8) is 0 Å². The zero-order valence-electron chi connectivity index (χ0n) is 17.3. The molecule has 0 radical (unpaired) electrons. The number of aryl methyl sites for hydroxylation is 1. The quantitative estimate of drug-likeness (QED) is 0.297. The van der Waals surface area contributed by atoms with Gasteiger partial charge in [0.2, 0.25) is 0 Å². The largest absolute Gasteiger partial charge is 0.573 e. The summed E-state index contributed by atoms with van der Waals surface area (Å²) >= 11 is 0. The molecule has 0 aliphatic heterocycles. The highest BCUT2D eigenvalue weighted by atomic mass is 19.4. The average Bonchev–Trinajstić information content (AvgIpc) is 2.64. The first kappa shape index (κ1) is 23.3. The number of nitrogens with zero attached hydrogens (tertiary/aromatic N) is 1. The first-order valence-electron chi connectivity index (χ1n) is 9.39. The second-order valence-corrected chi connectivity index (χ2v) is 7.22. The lowest BCUT2D eigenvalue weighted by Gasteiger charge is -2.27. The summed E-state index contributed by atoms with van der Waals surface area (Å²) in [5, 5.41) is 0.540. The van der Waals surface area contributed by atoms with Gasteiger partial charge in [0.05, 0.1) is 5.52 Å². The van der Waals surface area contributed by atoms with Crippen LogP contribution in [0.2, 0.25) is 0 Å². The van der Waals surface area contributed by atoms with Crippen molar-refractivity contribution < 1.29 is 17.9 Å². The number of hydrogen-bond acceptors (Lipinski definition) is 5. The molecule has 8 heteroatoms. The number of pyridine rings is 1. The maximum absolute atomic E-state index is 12.9. The van der Waals surface area contributed by atoms with E-state index in [1.54, 1.807) is 19.9 Å². The Labute approximate surface area is 174 Å². The van der Waals surface area contributed by atoms with Crippen molar-refractivity contribution in [1.82, 2.24) is 4.98 Å². The Balaban J connectivity index is 2.93. The molecule has 2 atom stereocenters. The van der Waals surface area contributed by atoms with Crippen molar-refractivity contribution in [3.8, 4) is 5.75 Å². The van der Waals surface area contributed by atoms with Crippen molar-refractivity contribution in [1.29, 1.82) is 0 Å². The maximum atomic E-state index is 12.9. The van der Waals surface area contributed by atoms with Crippen LogP contribution in [0.15, 0.2) is 43.6 Å².